The number of hydroxylamine groups is 1. The number of benzene rings is 1. The second-order valence-electron chi connectivity index (χ2n) is 6.34. The Labute approximate surface area is 152 Å². The molecule has 1 aliphatic heterocycles. The van der Waals surface area contributed by atoms with E-state index in [0.29, 0.717) is 11.7 Å². The SMILES string of the molecule is O=C(/C=C/c1cnc(N[C@@H]2CCCN(Cc3ccccc3)C2)cn1)NO. The summed E-state index contributed by atoms with van der Waals surface area (Å²) >= 11 is 0. The Morgan fingerprint density at radius 3 is 2.85 bits per heavy atom. The van der Waals surface area contributed by atoms with Gasteiger partial charge in [0.15, 0.2) is 0 Å². The van der Waals surface area contributed by atoms with E-state index in [4.69, 9.17) is 5.21 Å². The van der Waals surface area contributed by atoms with E-state index in [2.05, 4.69) is 44.5 Å². The van der Waals surface area contributed by atoms with Crippen molar-refractivity contribution in [3.05, 3.63) is 60.1 Å². The van der Waals surface area contributed by atoms with Gasteiger partial charge in [-0.2, -0.15) is 0 Å². The highest BCUT2D eigenvalue weighted by Crippen LogP contribution is 2.16. The van der Waals surface area contributed by atoms with Gasteiger partial charge in [0, 0.05) is 25.2 Å². The molecule has 0 spiro atoms. The predicted molar refractivity (Wildman–Crippen MR) is 99.4 cm³/mol. The molecule has 0 aliphatic carbocycles. The molecule has 1 aromatic carbocycles. The molecular formula is C19H23N5O2. The van der Waals surface area contributed by atoms with Crippen molar-refractivity contribution in [2.24, 2.45) is 0 Å². The molecule has 0 bridgehead atoms. The van der Waals surface area contributed by atoms with Crippen molar-refractivity contribution in [2.45, 2.75) is 25.4 Å². The van der Waals surface area contributed by atoms with Crippen LogP contribution in [0.5, 0.6) is 0 Å². The molecule has 0 radical (unpaired) electrons. The van der Waals surface area contributed by atoms with Gasteiger partial charge < -0.3 is 5.32 Å². The Balaban J connectivity index is 1.53. The Morgan fingerprint density at radius 2 is 2.12 bits per heavy atom. The van der Waals surface area contributed by atoms with Crippen LogP contribution in [0.1, 0.15) is 24.1 Å². The van der Waals surface area contributed by atoms with Crippen LogP contribution in [0.3, 0.4) is 0 Å². The van der Waals surface area contributed by atoms with Gasteiger partial charge in [0.1, 0.15) is 5.82 Å². The molecule has 1 saturated heterocycles. The van der Waals surface area contributed by atoms with Crippen molar-refractivity contribution in [3.8, 4) is 0 Å². The summed E-state index contributed by atoms with van der Waals surface area (Å²) in [5.41, 5.74) is 3.41. The number of hydrogen-bond acceptors (Lipinski definition) is 6. The summed E-state index contributed by atoms with van der Waals surface area (Å²) < 4.78 is 0. The molecular weight excluding hydrogens is 330 g/mol. The summed E-state index contributed by atoms with van der Waals surface area (Å²) in [5.74, 6) is 0.120. The van der Waals surface area contributed by atoms with Gasteiger partial charge in [0.2, 0.25) is 0 Å². The van der Waals surface area contributed by atoms with E-state index in [-0.39, 0.29) is 0 Å². The summed E-state index contributed by atoms with van der Waals surface area (Å²) in [4.78, 5) is 22.0. The van der Waals surface area contributed by atoms with E-state index >= 15 is 0 Å². The van der Waals surface area contributed by atoms with Crippen LogP contribution in [0.4, 0.5) is 5.82 Å². The lowest BCUT2D eigenvalue weighted by atomic mass is 10.0. The number of piperidine rings is 1. The average molecular weight is 353 g/mol. The van der Waals surface area contributed by atoms with Crippen molar-refractivity contribution in [3.63, 3.8) is 0 Å². The minimum Gasteiger partial charge on any atom is -0.365 e. The first kappa shape index (κ1) is 18.0. The zero-order valence-electron chi connectivity index (χ0n) is 14.5. The third-order valence-corrected chi connectivity index (χ3v) is 4.29. The highest BCUT2D eigenvalue weighted by Gasteiger charge is 2.20. The minimum absolute atomic E-state index is 0.336. The molecule has 7 nitrogen and oxygen atoms in total. The molecule has 3 N–H and O–H groups in total. The molecule has 1 aliphatic rings. The molecule has 2 aromatic rings. The maximum Gasteiger partial charge on any atom is 0.267 e. The fraction of sp³-hybridized carbons (Fsp3) is 0.316. The van der Waals surface area contributed by atoms with E-state index in [9.17, 15) is 4.79 Å². The number of carbonyl (C=O) groups is 1. The second-order valence-corrected chi connectivity index (χ2v) is 6.34. The molecule has 0 saturated carbocycles. The molecule has 26 heavy (non-hydrogen) atoms. The van der Waals surface area contributed by atoms with Crippen molar-refractivity contribution in [1.29, 1.82) is 0 Å². The summed E-state index contributed by atoms with van der Waals surface area (Å²) in [6.45, 7) is 3.03. The number of nitrogens with zero attached hydrogens (tertiary/aromatic N) is 3. The van der Waals surface area contributed by atoms with Gasteiger partial charge in [-0.15, -0.1) is 0 Å². The second kappa shape index (κ2) is 9.07. The van der Waals surface area contributed by atoms with Crippen LogP contribution in [0.2, 0.25) is 0 Å². The van der Waals surface area contributed by atoms with Gasteiger partial charge in [-0.1, -0.05) is 30.3 Å². The number of hydrogen-bond donors (Lipinski definition) is 3. The minimum atomic E-state index is -0.602. The highest BCUT2D eigenvalue weighted by molar-refractivity contribution is 5.90. The third kappa shape index (κ3) is 5.37. The fourth-order valence-electron chi connectivity index (χ4n) is 3.06. The summed E-state index contributed by atoms with van der Waals surface area (Å²) in [7, 11) is 0. The molecule has 1 atom stereocenters. The number of rotatable bonds is 6. The smallest absolute Gasteiger partial charge is 0.267 e. The van der Waals surface area contributed by atoms with Gasteiger partial charge in [-0.05, 0) is 31.0 Å². The van der Waals surface area contributed by atoms with Crippen LogP contribution in [0.15, 0.2) is 48.8 Å². The van der Waals surface area contributed by atoms with Gasteiger partial charge in [0.05, 0.1) is 18.1 Å². The van der Waals surface area contributed by atoms with E-state index in [1.807, 2.05) is 6.07 Å². The maximum absolute atomic E-state index is 11.0. The number of amides is 1. The Kier molecular flexibility index (Phi) is 6.29. The Hall–Kier alpha value is -2.77. The van der Waals surface area contributed by atoms with Crippen molar-refractivity contribution < 1.29 is 10.0 Å². The summed E-state index contributed by atoms with van der Waals surface area (Å²) in [6.07, 6.45) is 8.19. The molecule has 1 amide bonds. The summed E-state index contributed by atoms with van der Waals surface area (Å²) in [5, 5.41) is 11.9. The van der Waals surface area contributed by atoms with Crippen LogP contribution in [0.25, 0.3) is 6.08 Å². The number of likely N-dealkylation sites (tertiary alicyclic amines) is 1. The summed E-state index contributed by atoms with van der Waals surface area (Å²) in [6, 6.07) is 10.8. The van der Waals surface area contributed by atoms with Crippen molar-refractivity contribution in [2.75, 3.05) is 18.4 Å². The molecule has 1 fully saturated rings. The number of anilines is 1. The van der Waals surface area contributed by atoms with Crippen LogP contribution in [-0.4, -0.2) is 45.1 Å². The van der Waals surface area contributed by atoms with Gasteiger partial charge >= 0.3 is 0 Å². The number of nitrogens with one attached hydrogen (secondary N) is 2. The van der Waals surface area contributed by atoms with Crippen LogP contribution < -0.4 is 10.8 Å². The lowest BCUT2D eigenvalue weighted by Crippen LogP contribution is -2.41. The topological polar surface area (TPSA) is 90.4 Å². The first-order chi connectivity index (χ1) is 12.7. The predicted octanol–water partition coefficient (Wildman–Crippen LogP) is 2.07. The lowest BCUT2D eigenvalue weighted by molar-refractivity contribution is -0.124. The first-order valence-electron chi connectivity index (χ1n) is 8.70. The largest absolute Gasteiger partial charge is 0.365 e. The number of carbonyl (C=O) groups excluding carboxylic acids is 1. The van der Waals surface area contributed by atoms with Crippen molar-refractivity contribution >= 4 is 17.8 Å². The van der Waals surface area contributed by atoms with Crippen LogP contribution >= 0.6 is 0 Å². The third-order valence-electron chi connectivity index (χ3n) is 4.29. The zero-order chi connectivity index (χ0) is 18.2. The Bertz CT molecular complexity index is 733. The monoisotopic (exact) mass is 353 g/mol. The molecule has 3 rings (SSSR count). The molecule has 136 valence electrons. The van der Waals surface area contributed by atoms with Gasteiger partial charge in [0.25, 0.3) is 5.91 Å². The average Bonchev–Trinajstić information content (AvgIpc) is 2.68. The lowest BCUT2D eigenvalue weighted by Gasteiger charge is -2.33. The van der Waals surface area contributed by atoms with E-state index in [1.165, 1.54) is 23.2 Å². The first-order valence-corrected chi connectivity index (χ1v) is 8.70. The molecule has 1 aromatic heterocycles. The van der Waals surface area contributed by atoms with Crippen LogP contribution in [0, 0.1) is 0 Å². The maximum atomic E-state index is 11.0. The van der Waals surface area contributed by atoms with E-state index in [0.717, 1.165) is 38.3 Å². The van der Waals surface area contributed by atoms with Crippen molar-refractivity contribution in [1.82, 2.24) is 20.3 Å². The quantitative estimate of drug-likeness (QED) is 0.418. The normalized spacial score (nSPS) is 18.0. The highest BCUT2D eigenvalue weighted by atomic mass is 16.5. The van der Waals surface area contributed by atoms with E-state index < -0.39 is 5.91 Å². The molecule has 0 unspecified atom stereocenters. The molecule has 7 heteroatoms. The Morgan fingerprint density at radius 1 is 1.27 bits per heavy atom. The van der Waals surface area contributed by atoms with Crippen LogP contribution in [-0.2, 0) is 11.3 Å². The van der Waals surface area contributed by atoms with Gasteiger partial charge in [-0.25, -0.2) is 10.5 Å². The number of aromatic nitrogens is 2. The zero-order valence-corrected chi connectivity index (χ0v) is 14.5. The molecule has 2 heterocycles. The van der Waals surface area contributed by atoms with Gasteiger partial charge in [-0.3, -0.25) is 19.9 Å². The fourth-order valence-corrected chi connectivity index (χ4v) is 3.06. The van der Waals surface area contributed by atoms with E-state index in [1.54, 1.807) is 12.4 Å². The standard InChI is InChI=1S/C19H23N5O2/c25-19(23-26)9-8-16-11-21-18(12-20-16)22-17-7-4-10-24(14-17)13-15-5-2-1-3-6-15/h1-3,5-6,8-9,11-12,17,26H,4,7,10,13-14H2,(H,21,22)(H,23,25)/b9-8+/t17-/m1/s1.